The summed E-state index contributed by atoms with van der Waals surface area (Å²) in [7, 11) is 0. The van der Waals surface area contributed by atoms with Gasteiger partial charge in [0.2, 0.25) is 5.91 Å². The van der Waals surface area contributed by atoms with Crippen LogP contribution in [0.25, 0.3) is 0 Å². The predicted molar refractivity (Wildman–Crippen MR) is 88.9 cm³/mol. The summed E-state index contributed by atoms with van der Waals surface area (Å²) in [5.74, 6) is 0.946. The van der Waals surface area contributed by atoms with Crippen LogP contribution in [0.15, 0.2) is 0 Å². The van der Waals surface area contributed by atoms with Crippen LogP contribution in [0.5, 0.6) is 0 Å². The first-order chi connectivity index (χ1) is 9.58. The van der Waals surface area contributed by atoms with Gasteiger partial charge in [-0.05, 0) is 25.2 Å². The summed E-state index contributed by atoms with van der Waals surface area (Å²) in [6.07, 6.45) is 10.1. The third-order valence-corrected chi connectivity index (χ3v) is 4.07. The van der Waals surface area contributed by atoms with E-state index in [-0.39, 0.29) is 0 Å². The second kappa shape index (κ2) is 12.2. The molecule has 0 N–H and O–H groups in total. The van der Waals surface area contributed by atoms with E-state index in [1.165, 1.54) is 25.7 Å². The number of carbonyl (C=O) groups is 1. The van der Waals surface area contributed by atoms with Gasteiger partial charge in [-0.1, -0.05) is 66.7 Å². The monoisotopic (exact) mass is 283 g/mol. The zero-order valence-corrected chi connectivity index (χ0v) is 14.6. The molecule has 2 heteroatoms. The minimum absolute atomic E-state index is 0.385. The molecule has 1 amide bonds. The quantitative estimate of drug-likeness (QED) is 0.438. The molecular weight excluding hydrogens is 246 g/mol. The molecule has 2 nitrogen and oxygen atoms in total. The van der Waals surface area contributed by atoms with E-state index in [1.807, 2.05) is 0 Å². The highest BCUT2D eigenvalue weighted by Gasteiger charge is 2.24. The SMILES string of the molecule is CCCCCCN(C(=O)CCCC)C(CCC)C(C)C. The van der Waals surface area contributed by atoms with Crippen LogP contribution in [0.3, 0.4) is 0 Å². The Morgan fingerprint density at radius 1 is 0.900 bits per heavy atom. The molecule has 0 aliphatic carbocycles. The van der Waals surface area contributed by atoms with Crippen molar-refractivity contribution in [2.75, 3.05) is 6.54 Å². The van der Waals surface area contributed by atoms with E-state index in [0.29, 0.717) is 17.9 Å². The van der Waals surface area contributed by atoms with Crippen LogP contribution in [0.1, 0.15) is 92.4 Å². The first-order valence-electron chi connectivity index (χ1n) is 8.87. The van der Waals surface area contributed by atoms with Gasteiger partial charge in [0.1, 0.15) is 0 Å². The Kier molecular flexibility index (Phi) is 11.9. The van der Waals surface area contributed by atoms with Crippen molar-refractivity contribution in [3.05, 3.63) is 0 Å². The molecule has 1 unspecified atom stereocenters. The predicted octanol–water partition coefficient (Wildman–Crippen LogP) is 5.41. The molecule has 0 spiro atoms. The van der Waals surface area contributed by atoms with Crippen LogP contribution in [0.2, 0.25) is 0 Å². The van der Waals surface area contributed by atoms with Gasteiger partial charge in [0.05, 0.1) is 0 Å². The lowest BCUT2D eigenvalue weighted by molar-refractivity contribution is -0.135. The number of carbonyl (C=O) groups excluding carboxylic acids is 1. The maximum atomic E-state index is 12.5. The van der Waals surface area contributed by atoms with Gasteiger partial charge in [0.15, 0.2) is 0 Å². The van der Waals surface area contributed by atoms with Gasteiger partial charge in [-0.15, -0.1) is 0 Å². The Morgan fingerprint density at radius 3 is 2.05 bits per heavy atom. The fourth-order valence-corrected chi connectivity index (χ4v) is 2.80. The highest BCUT2D eigenvalue weighted by molar-refractivity contribution is 5.76. The van der Waals surface area contributed by atoms with Gasteiger partial charge in [0, 0.05) is 19.0 Å². The average Bonchev–Trinajstić information content (AvgIpc) is 2.43. The number of amides is 1. The third-order valence-electron chi connectivity index (χ3n) is 4.07. The van der Waals surface area contributed by atoms with Crippen LogP contribution >= 0.6 is 0 Å². The van der Waals surface area contributed by atoms with E-state index < -0.39 is 0 Å². The van der Waals surface area contributed by atoms with Crippen LogP contribution < -0.4 is 0 Å². The van der Waals surface area contributed by atoms with Crippen molar-refractivity contribution < 1.29 is 4.79 Å². The molecule has 0 rings (SSSR count). The van der Waals surface area contributed by atoms with Gasteiger partial charge in [0.25, 0.3) is 0 Å². The first-order valence-corrected chi connectivity index (χ1v) is 8.87. The minimum Gasteiger partial charge on any atom is -0.339 e. The second-order valence-corrected chi connectivity index (χ2v) is 6.35. The molecule has 0 bridgehead atoms. The van der Waals surface area contributed by atoms with Gasteiger partial charge in [-0.2, -0.15) is 0 Å². The van der Waals surface area contributed by atoms with E-state index >= 15 is 0 Å². The van der Waals surface area contributed by atoms with Crippen molar-refractivity contribution in [2.45, 2.75) is 98.4 Å². The number of unbranched alkanes of at least 4 members (excludes halogenated alkanes) is 4. The summed E-state index contributed by atoms with van der Waals surface area (Å²) in [6.45, 7) is 12.1. The number of nitrogens with zero attached hydrogens (tertiary/aromatic N) is 1. The summed E-state index contributed by atoms with van der Waals surface area (Å²) in [5.41, 5.74) is 0. The largest absolute Gasteiger partial charge is 0.339 e. The van der Waals surface area contributed by atoms with Crippen molar-refractivity contribution in [3.63, 3.8) is 0 Å². The van der Waals surface area contributed by atoms with Crippen molar-refractivity contribution in [1.29, 1.82) is 0 Å². The van der Waals surface area contributed by atoms with Gasteiger partial charge in [-0.3, -0.25) is 4.79 Å². The van der Waals surface area contributed by atoms with Gasteiger partial charge < -0.3 is 4.90 Å². The Bertz CT molecular complexity index is 238. The lowest BCUT2D eigenvalue weighted by Crippen LogP contribution is -2.43. The zero-order valence-electron chi connectivity index (χ0n) is 14.6. The van der Waals surface area contributed by atoms with Crippen molar-refractivity contribution in [3.8, 4) is 0 Å². The molecule has 0 aromatic heterocycles. The Morgan fingerprint density at radius 2 is 1.55 bits per heavy atom. The lowest BCUT2D eigenvalue weighted by Gasteiger charge is -2.35. The molecule has 0 saturated carbocycles. The Labute approximate surface area is 127 Å². The molecule has 0 radical (unpaired) electrons. The third kappa shape index (κ3) is 7.91. The standard InChI is InChI=1S/C18H37NO/c1-6-9-11-12-15-19(18(20)14-10-7-2)17(13-8-3)16(4)5/h16-17H,6-15H2,1-5H3. The lowest BCUT2D eigenvalue weighted by atomic mass is 9.96. The minimum atomic E-state index is 0.385. The second-order valence-electron chi connectivity index (χ2n) is 6.35. The molecule has 0 aromatic rings. The molecular formula is C18H37NO. The van der Waals surface area contributed by atoms with Crippen LogP contribution in [-0.4, -0.2) is 23.4 Å². The molecule has 20 heavy (non-hydrogen) atoms. The Hall–Kier alpha value is -0.530. The van der Waals surface area contributed by atoms with Crippen LogP contribution in [0.4, 0.5) is 0 Å². The maximum absolute atomic E-state index is 12.5. The number of rotatable bonds is 12. The molecule has 0 saturated heterocycles. The van der Waals surface area contributed by atoms with Crippen LogP contribution in [0, 0.1) is 5.92 Å². The molecule has 0 aliphatic rings. The highest BCUT2D eigenvalue weighted by atomic mass is 16.2. The normalized spacial score (nSPS) is 12.7. The molecule has 0 fully saturated rings. The fourth-order valence-electron chi connectivity index (χ4n) is 2.80. The smallest absolute Gasteiger partial charge is 0.222 e. The topological polar surface area (TPSA) is 20.3 Å². The first kappa shape index (κ1) is 19.5. The maximum Gasteiger partial charge on any atom is 0.222 e. The fraction of sp³-hybridized carbons (Fsp3) is 0.944. The zero-order chi connectivity index (χ0) is 15.4. The Balaban J connectivity index is 4.60. The van der Waals surface area contributed by atoms with Crippen molar-refractivity contribution in [2.24, 2.45) is 5.92 Å². The molecule has 0 aromatic carbocycles. The summed E-state index contributed by atoms with van der Waals surface area (Å²) in [4.78, 5) is 14.7. The average molecular weight is 284 g/mol. The van der Waals surface area contributed by atoms with Gasteiger partial charge in [-0.25, -0.2) is 0 Å². The molecule has 0 aliphatic heterocycles. The summed E-state index contributed by atoms with van der Waals surface area (Å²) < 4.78 is 0. The summed E-state index contributed by atoms with van der Waals surface area (Å²) >= 11 is 0. The number of hydrogen-bond donors (Lipinski definition) is 0. The van der Waals surface area contributed by atoms with E-state index in [4.69, 9.17) is 0 Å². The number of hydrogen-bond acceptors (Lipinski definition) is 1. The van der Waals surface area contributed by atoms with Crippen LogP contribution in [-0.2, 0) is 4.79 Å². The van der Waals surface area contributed by atoms with E-state index in [9.17, 15) is 4.79 Å². The molecule has 120 valence electrons. The van der Waals surface area contributed by atoms with E-state index in [2.05, 4.69) is 39.5 Å². The van der Waals surface area contributed by atoms with Crippen molar-refractivity contribution >= 4 is 5.91 Å². The summed E-state index contributed by atoms with van der Waals surface area (Å²) in [5, 5.41) is 0. The summed E-state index contributed by atoms with van der Waals surface area (Å²) in [6, 6.07) is 0.436. The van der Waals surface area contributed by atoms with E-state index in [0.717, 1.165) is 38.6 Å². The highest BCUT2D eigenvalue weighted by Crippen LogP contribution is 2.19. The van der Waals surface area contributed by atoms with Gasteiger partial charge >= 0.3 is 0 Å². The van der Waals surface area contributed by atoms with Crippen molar-refractivity contribution in [1.82, 2.24) is 4.90 Å². The molecule has 1 atom stereocenters. The van der Waals surface area contributed by atoms with E-state index in [1.54, 1.807) is 0 Å². The molecule has 0 heterocycles.